The van der Waals surface area contributed by atoms with Gasteiger partial charge >= 0.3 is 0 Å². The number of ether oxygens (including phenoxy) is 1. The molecule has 3 aromatic rings. The van der Waals surface area contributed by atoms with Crippen LogP contribution in [0, 0.1) is 0 Å². The molecule has 0 bridgehead atoms. The average Bonchev–Trinajstić information content (AvgIpc) is 2.76. The van der Waals surface area contributed by atoms with Crippen molar-refractivity contribution in [3.05, 3.63) is 76.2 Å². The van der Waals surface area contributed by atoms with Crippen LogP contribution in [-0.2, 0) is 6.42 Å². The second kappa shape index (κ2) is 8.12. The fourth-order valence-corrected chi connectivity index (χ4v) is 3.36. The summed E-state index contributed by atoms with van der Waals surface area (Å²) in [6, 6.07) is 17.9. The summed E-state index contributed by atoms with van der Waals surface area (Å²) in [6.07, 6.45) is 0.439. The predicted octanol–water partition coefficient (Wildman–Crippen LogP) is 2.09. The van der Waals surface area contributed by atoms with Crippen LogP contribution in [0.25, 0.3) is 0 Å². The first-order chi connectivity index (χ1) is 13.7. The predicted molar refractivity (Wildman–Crippen MR) is 109 cm³/mol. The van der Waals surface area contributed by atoms with E-state index in [1.54, 1.807) is 7.11 Å². The first-order valence-corrected chi connectivity index (χ1v) is 9.36. The number of para-hydroxylation sites is 1. The zero-order valence-electron chi connectivity index (χ0n) is 15.8. The minimum absolute atomic E-state index is 0.189. The fraction of sp³-hybridized carbons (Fsp3) is 0.286. The molecule has 0 unspecified atom stereocenters. The molecule has 0 spiro atoms. The maximum Gasteiger partial charge on any atom is 0.274 e. The van der Waals surface area contributed by atoms with Crippen molar-refractivity contribution < 1.29 is 4.74 Å². The summed E-state index contributed by atoms with van der Waals surface area (Å²) in [4.78, 5) is 19.8. The van der Waals surface area contributed by atoms with Gasteiger partial charge in [-0.1, -0.05) is 30.3 Å². The third kappa shape index (κ3) is 3.98. The average molecular weight is 377 g/mol. The van der Waals surface area contributed by atoms with Crippen molar-refractivity contribution in [2.24, 2.45) is 0 Å². The summed E-state index contributed by atoms with van der Waals surface area (Å²) in [5.41, 5.74) is 2.43. The molecule has 2 heterocycles. The Morgan fingerprint density at radius 2 is 1.61 bits per heavy atom. The van der Waals surface area contributed by atoms with Gasteiger partial charge < -0.3 is 14.5 Å². The van der Waals surface area contributed by atoms with E-state index in [2.05, 4.69) is 37.1 Å². The number of hydrogen-bond acceptors (Lipinski definition) is 6. The Kier molecular flexibility index (Phi) is 5.23. The summed E-state index contributed by atoms with van der Waals surface area (Å²) in [5, 5.41) is 8.46. The lowest BCUT2D eigenvalue weighted by atomic mass is 10.1. The maximum absolute atomic E-state index is 12.5. The molecule has 4 rings (SSSR count). The lowest BCUT2D eigenvalue weighted by molar-refractivity contribution is 0.414. The molecular formula is C21H23N5O2. The zero-order chi connectivity index (χ0) is 19.3. The van der Waals surface area contributed by atoms with E-state index < -0.39 is 0 Å². The molecule has 0 atom stereocenters. The van der Waals surface area contributed by atoms with E-state index in [0.29, 0.717) is 18.1 Å². The van der Waals surface area contributed by atoms with Crippen LogP contribution >= 0.6 is 0 Å². The maximum atomic E-state index is 12.5. The molecular weight excluding hydrogens is 354 g/mol. The van der Waals surface area contributed by atoms with E-state index in [9.17, 15) is 4.79 Å². The summed E-state index contributed by atoms with van der Waals surface area (Å²) in [5.74, 6) is 1.32. The summed E-state index contributed by atoms with van der Waals surface area (Å²) in [7, 11) is 1.63. The van der Waals surface area contributed by atoms with Gasteiger partial charge in [-0.25, -0.2) is 0 Å². The van der Waals surface area contributed by atoms with Crippen molar-refractivity contribution in [3.63, 3.8) is 0 Å². The molecule has 1 aromatic heterocycles. The van der Waals surface area contributed by atoms with E-state index in [-0.39, 0.29) is 5.56 Å². The van der Waals surface area contributed by atoms with E-state index in [0.717, 1.165) is 37.5 Å². The van der Waals surface area contributed by atoms with Crippen molar-refractivity contribution in [3.8, 4) is 5.75 Å². The van der Waals surface area contributed by atoms with Gasteiger partial charge in [-0.3, -0.25) is 9.78 Å². The van der Waals surface area contributed by atoms with Crippen LogP contribution in [0.4, 0.5) is 11.6 Å². The first kappa shape index (κ1) is 18.0. The van der Waals surface area contributed by atoms with E-state index >= 15 is 0 Å². The Labute approximate surface area is 163 Å². The van der Waals surface area contributed by atoms with Crippen molar-refractivity contribution in [1.82, 2.24) is 15.2 Å². The number of H-pyrrole nitrogens is 1. The number of rotatable bonds is 5. The van der Waals surface area contributed by atoms with Crippen LogP contribution in [0.3, 0.4) is 0 Å². The summed E-state index contributed by atoms with van der Waals surface area (Å²) < 4.78 is 5.16. The second-order valence-corrected chi connectivity index (χ2v) is 6.76. The Balaban J connectivity index is 1.41. The highest BCUT2D eigenvalue weighted by Gasteiger charge is 2.19. The smallest absolute Gasteiger partial charge is 0.274 e. The Morgan fingerprint density at radius 1 is 0.929 bits per heavy atom. The van der Waals surface area contributed by atoms with Crippen LogP contribution in [0.15, 0.2) is 59.4 Å². The van der Waals surface area contributed by atoms with Gasteiger partial charge in [-0.15, -0.1) is 10.2 Å². The fourth-order valence-electron chi connectivity index (χ4n) is 3.36. The molecule has 1 fully saturated rings. The number of benzene rings is 2. The standard InChI is InChI=1S/C21H23N5O2/c1-28-18-9-7-16(8-10-18)15-19-20(27)22-21(24-23-19)26-13-11-25(12-14-26)17-5-3-2-4-6-17/h2-10H,11-15H2,1H3,(H,22,24,27). The van der Waals surface area contributed by atoms with Crippen LogP contribution < -0.4 is 20.1 Å². The zero-order valence-corrected chi connectivity index (χ0v) is 15.8. The van der Waals surface area contributed by atoms with Gasteiger partial charge in [0.25, 0.3) is 5.56 Å². The lowest BCUT2D eigenvalue weighted by Gasteiger charge is -2.36. The normalized spacial score (nSPS) is 14.2. The molecule has 2 aromatic carbocycles. The Morgan fingerprint density at radius 3 is 2.25 bits per heavy atom. The van der Waals surface area contributed by atoms with Gasteiger partial charge in [0, 0.05) is 38.3 Å². The molecule has 7 heteroatoms. The molecule has 0 radical (unpaired) electrons. The number of aromatic amines is 1. The van der Waals surface area contributed by atoms with Crippen LogP contribution in [-0.4, -0.2) is 48.5 Å². The number of anilines is 2. The number of methoxy groups -OCH3 is 1. The Hall–Kier alpha value is -3.35. The van der Waals surface area contributed by atoms with Gasteiger partial charge in [0.2, 0.25) is 5.95 Å². The quantitative estimate of drug-likeness (QED) is 0.734. The molecule has 1 N–H and O–H groups in total. The van der Waals surface area contributed by atoms with Crippen molar-refractivity contribution in [2.45, 2.75) is 6.42 Å². The minimum atomic E-state index is -0.189. The molecule has 7 nitrogen and oxygen atoms in total. The summed E-state index contributed by atoms with van der Waals surface area (Å²) in [6.45, 7) is 3.33. The van der Waals surface area contributed by atoms with E-state index in [1.165, 1.54) is 5.69 Å². The first-order valence-electron chi connectivity index (χ1n) is 9.36. The third-order valence-electron chi connectivity index (χ3n) is 4.98. The van der Waals surface area contributed by atoms with Gasteiger partial charge in [-0.05, 0) is 29.8 Å². The highest BCUT2D eigenvalue weighted by atomic mass is 16.5. The van der Waals surface area contributed by atoms with E-state index in [1.807, 2.05) is 42.5 Å². The van der Waals surface area contributed by atoms with E-state index in [4.69, 9.17) is 4.74 Å². The number of hydrogen-bond donors (Lipinski definition) is 1. The molecule has 1 saturated heterocycles. The SMILES string of the molecule is COc1ccc(Cc2nnc(N3CCN(c4ccccc4)CC3)[nH]c2=O)cc1. The molecule has 1 aliphatic rings. The van der Waals surface area contributed by atoms with Gasteiger partial charge in [-0.2, -0.15) is 0 Å². The number of nitrogens with zero attached hydrogens (tertiary/aromatic N) is 4. The largest absolute Gasteiger partial charge is 0.497 e. The lowest BCUT2D eigenvalue weighted by Crippen LogP contribution is -2.47. The third-order valence-corrected chi connectivity index (χ3v) is 4.98. The van der Waals surface area contributed by atoms with Gasteiger partial charge in [0.15, 0.2) is 0 Å². The molecule has 0 saturated carbocycles. The number of piperazine rings is 1. The van der Waals surface area contributed by atoms with Crippen molar-refractivity contribution in [1.29, 1.82) is 0 Å². The van der Waals surface area contributed by atoms with Gasteiger partial charge in [0.05, 0.1) is 7.11 Å². The number of nitrogens with one attached hydrogen (secondary N) is 1. The second-order valence-electron chi connectivity index (χ2n) is 6.76. The minimum Gasteiger partial charge on any atom is -0.497 e. The summed E-state index contributed by atoms with van der Waals surface area (Å²) >= 11 is 0. The molecule has 0 aliphatic carbocycles. The van der Waals surface area contributed by atoms with Crippen LogP contribution in [0.1, 0.15) is 11.3 Å². The highest BCUT2D eigenvalue weighted by molar-refractivity contribution is 5.48. The van der Waals surface area contributed by atoms with Crippen molar-refractivity contribution in [2.75, 3.05) is 43.1 Å². The Bertz CT molecular complexity index is 964. The molecule has 1 aliphatic heterocycles. The highest BCUT2D eigenvalue weighted by Crippen LogP contribution is 2.17. The molecule has 0 amide bonds. The molecule has 144 valence electrons. The topological polar surface area (TPSA) is 74.4 Å². The molecule has 28 heavy (non-hydrogen) atoms. The van der Waals surface area contributed by atoms with Crippen LogP contribution in [0.2, 0.25) is 0 Å². The number of aromatic nitrogens is 3. The van der Waals surface area contributed by atoms with Gasteiger partial charge in [0.1, 0.15) is 11.4 Å². The van der Waals surface area contributed by atoms with Crippen LogP contribution in [0.5, 0.6) is 5.75 Å². The monoisotopic (exact) mass is 377 g/mol. The van der Waals surface area contributed by atoms with Crippen molar-refractivity contribution >= 4 is 11.6 Å².